The zero-order valence-electron chi connectivity index (χ0n) is 17.4. The molecule has 5 aliphatic rings. The quantitative estimate of drug-likeness (QED) is 0.710. The maximum absolute atomic E-state index is 15.1. The Bertz CT molecular complexity index is 1160. The van der Waals surface area contributed by atoms with Crippen LogP contribution in [0.1, 0.15) is 54.4 Å². The monoisotopic (exact) mass is 459 g/mol. The van der Waals surface area contributed by atoms with Crippen molar-refractivity contribution in [1.82, 2.24) is 14.7 Å². The number of piperidine rings is 1. The number of hydrogen-bond acceptors (Lipinski definition) is 5. The van der Waals surface area contributed by atoms with E-state index in [1.807, 2.05) is 4.68 Å². The molecule has 10 heteroatoms. The van der Waals surface area contributed by atoms with Crippen molar-refractivity contribution in [3.8, 4) is 0 Å². The number of ether oxygens (including phenoxy) is 1. The van der Waals surface area contributed by atoms with Gasteiger partial charge in [-0.25, -0.2) is 13.9 Å². The van der Waals surface area contributed by atoms with Gasteiger partial charge >= 0.3 is 6.09 Å². The predicted octanol–water partition coefficient (Wildman–Crippen LogP) is 3.85. The second kappa shape index (κ2) is 6.60. The minimum absolute atomic E-state index is 0.0152. The SMILES string of the molecule is Nc1c(C(=O)N2CCC[C@@]3(C2)OC(=O)Nc2ccc(Cl)c(F)c23)cnn1C12CCC(C1)C2. The first kappa shape index (κ1) is 19.8. The fourth-order valence-electron chi connectivity index (χ4n) is 6.19. The first-order valence-corrected chi connectivity index (χ1v) is 11.3. The van der Waals surface area contributed by atoms with E-state index in [2.05, 4.69) is 10.4 Å². The number of anilines is 2. The van der Waals surface area contributed by atoms with Crippen molar-refractivity contribution in [1.29, 1.82) is 0 Å². The van der Waals surface area contributed by atoms with Crippen LogP contribution in [-0.2, 0) is 15.9 Å². The highest BCUT2D eigenvalue weighted by Crippen LogP contribution is 2.57. The molecule has 2 amide bonds. The van der Waals surface area contributed by atoms with Crippen LogP contribution in [0.15, 0.2) is 18.3 Å². The number of rotatable bonds is 2. The third-order valence-corrected chi connectivity index (χ3v) is 7.95. The molecule has 3 saturated carbocycles. The van der Waals surface area contributed by atoms with Crippen molar-refractivity contribution in [2.75, 3.05) is 24.1 Å². The molecule has 32 heavy (non-hydrogen) atoms. The molecule has 1 atom stereocenters. The van der Waals surface area contributed by atoms with E-state index in [-0.39, 0.29) is 28.6 Å². The molecule has 3 N–H and O–H groups in total. The maximum Gasteiger partial charge on any atom is 0.412 e. The molecule has 4 fully saturated rings. The van der Waals surface area contributed by atoms with E-state index in [1.165, 1.54) is 18.7 Å². The maximum atomic E-state index is 15.1. The van der Waals surface area contributed by atoms with Gasteiger partial charge in [0.25, 0.3) is 5.91 Å². The lowest BCUT2D eigenvalue weighted by Gasteiger charge is -2.45. The molecule has 1 spiro atoms. The van der Waals surface area contributed by atoms with Gasteiger partial charge in [0.1, 0.15) is 11.4 Å². The molecule has 1 aromatic carbocycles. The molecule has 7 rings (SSSR count). The summed E-state index contributed by atoms with van der Waals surface area (Å²) in [5.41, 5.74) is 5.85. The number of hydrogen-bond donors (Lipinski definition) is 2. The molecular weight excluding hydrogens is 437 g/mol. The first-order chi connectivity index (χ1) is 15.3. The summed E-state index contributed by atoms with van der Waals surface area (Å²) in [6.45, 7) is 0.461. The van der Waals surface area contributed by atoms with E-state index >= 15 is 4.39 Å². The molecule has 8 nitrogen and oxygen atoms in total. The van der Waals surface area contributed by atoms with Gasteiger partial charge in [0, 0.05) is 6.54 Å². The van der Waals surface area contributed by atoms with Crippen LogP contribution in [0.4, 0.5) is 20.7 Å². The van der Waals surface area contributed by atoms with E-state index in [9.17, 15) is 9.59 Å². The summed E-state index contributed by atoms with van der Waals surface area (Å²) >= 11 is 6.03. The molecule has 1 saturated heterocycles. The number of carbonyl (C=O) groups is 2. The Balaban J connectivity index is 1.33. The Kier molecular flexibility index (Phi) is 4.09. The van der Waals surface area contributed by atoms with E-state index < -0.39 is 17.5 Å². The number of aromatic nitrogens is 2. The third kappa shape index (κ3) is 2.63. The summed E-state index contributed by atoms with van der Waals surface area (Å²) in [5.74, 6) is 0.158. The number of carbonyl (C=O) groups excluding carboxylic acids is 2. The van der Waals surface area contributed by atoms with Gasteiger partial charge in [-0.3, -0.25) is 10.1 Å². The van der Waals surface area contributed by atoms with Gasteiger partial charge in [0.15, 0.2) is 11.4 Å². The number of nitrogens with zero attached hydrogens (tertiary/aromatic N) is 3. The second-order valence-corrected chi connectivity index (χ2v) is 9.92. The zero-order chi connectivity index (χ0) is 22.3. The Labute approximate surface area is 188 Å². The number of nitrogen functional groups attached to an aromatic ring is 1. The third-order valence-electron chi connectivity index (χ3n) is 7.66. The summed E-state index contributed by atoms with van der Waals surface area (Å²) < 4.78 is 22.5. The van der Waals surface area contributed by atoms with Crippen molar-refractivity contribution in [2.45, 2.75) is 49.7 Å². The fraction of sp³-hybridized carbons (Fsp3) is 0.500. The highest BCUT2D eigenvalue weighted by molar-refractivity contribution is 6.31. The van der Waals surface area contributed by atoms with Gasteiger partial charge in [0.05, 0.1) is 34.6 Å². The van der Waals surface area contributed by atoms with Gasteiger partial charge in [0.2, 0.25) is 0 Å². The van der Waals surface area contributed by atoms with Crippen molar-refractivity contribution < 1.29 is 18.7 Å². The van der Waals surface area contributed by atoms with E-state index in [0.717, 1.165) is 25.2 Å². The molecule has 2 bridgehead atoms. The zero-order valence-corrected chi connectivity index (χ0v) is 18.1. The van der Waals surface area contributed by atoms with Crippen LogP contribution in [0.5, 0.6) is 0 Å². The second-order valence-electron chi connectivity index (χ2n) is 9.52. The number of likely N-dealkylation sites (tertiary alicyclic amines) is 1. The summed E-state index contributed by atoms with van der Waals surface area (Å²) in [6, 6.07) is 2.95. The molecule has 168 valence electrons. The molecule has 3 aliphatic carbocycles. The summed E-state index contributed by atoms with van der Waals surface area (Å²) in [7, 11) is 0. The van der Waals surface area contributed by atoms with Crippen LogP contribution < -0.4 is 11.1 Å². The van der Waals surface area contributed by atoms with Crippen LogP contribution in [0.2, 0.25) is 5.02 Å². The van der Waals surface area contributed by atoms with Gasteiger partial charge < -0.3 is 15.4 Å². The van der Waals surface area contributed by atoms with Crippen LogP contribution >= 0.6 is 11.6 Å². The fourth-order valence-corrected chi connectivity index (χ4v) is 6.35. The summed E-state index contributed by atoms with van der Waals surface area (Å²) in [4.78, 5) is 27.3. The predicted molar refractivity (Wildman–Crippen MR) is 115 cm³/mol. The largest absolute Gasteiger partial charge is 0.436 e. The number of halogens is 2. The lowest BCUT2D eigenvalue weighted by Crippen LogP contribution is -2.53. The Morgan fingerprint density at radius 3 is 2.91 bits per heavy atom. The Morgan fingerprint density at radius 1 is 1.34 bits per heavy atom. The van der Waals surface area contributed by atoms with Crippen LogP contribution in [0.3, 0.4) is 0 Å². The van der Waals surface area contributed by atoms with Crippen LogP contribution in [0.25, 0.3) is 0 Å². The molecule has 2 aliphatic heterocycles. The number of nitrogens with one attached hydrogen (secondary N) is 1. The van der Waals surface area contributed by atoms with Gasteiger partial charge in [-0.15, -0.1) is 0 Å². The highest BCUT2D eigenvalue weighted by Gasteiger charge is 2.53. The standard InChI is InChI=1S/C22H23ClFN5O3/c23-14-2-3-15-16(17(14)24)22(32-20(31)27-15)5-1-7-28(11-22)19(30)13-10-26-29(18(13)25)21-6-4-12(8-21)9-21/h2-3,10,12H,1,4-9,11,25H2,(H,27,31)/t12?,21?,22-/m0/s1. The number of fused-ring (bicyclic) bond motifs is 3. The average Bonchev–Trinajstić information content (AvgIpc) is 3.44. The van der Waals surface area contributed by atoms with Crippen molar-refractivity contribution in [2.24, 2.45) is 5.92 Å². The van der Waals surface area contributed by atoms with Gasteiger partial charge in [-0.2, -0.15) is 5.10 Å². The van der Waals surface area contributed by atoms with Crippen molar-refractivity contribution >= 4 is 35.1 Å². The topological polar surface area (TPSA) is 102 Å². The molecule has 0 radical (unpaired) electrons. The Morgan fingerprint density at radius 2 is 2.16 bits per heavy atom. The van der Waals surface area contributed by atoms with E-state index in [1.54, 1.807) is 11.0 Å². The molecule has 1 aromatic heterocycles. The molecule has 0 unspecified atom stereocenters. The smallest absolute Gasteiger partial charge is 0.412 e. The lowest BCUT2D eigenvalue weighted by atomic mass is 9.77. The molecule has 2 aromatic rings. The van der Waals surface area contributed by atoms with Crippen molar-refractivity contribution in [3.63, 3.8) is 0 Å². The summed E-state index contributed by atoms with van der Waals surface area (Å²) in [5, 5.41) is 6.94. The van der Waals surface area contributed by atoms with E-state index in [0.29, 0.717) is 36.5 Å². The van der Waals surface area contributed by atoms with Crippen LogP contribution in [-0.4, -0.2) is 39.8 Å². The van der Waals surface area contributed by atoms with Gasteiger partial charge in [-0.05, 0) is 56.6 Å². The molecular formula is C22H23ClFN5O3. The number of amides is 2. The Hall–Kier alpha value is -2.81. The first-order valence-electron chi connectivity index (χ1n) is 10.9. The minimum atomic E-state index is -1.31. The lowest BCUT2D eigenvalue weighted by molar-refractivity contribution is -0.0418. The number of nitrogens with two attached hydrogens (primary N) is 1. The number of benzene rings is 1. The van der Waals surface area contributed by atoms with Gasteiger partial charge in [-0.1, -0.05) is 11.6 Å². The average molecular weight is 460 g/mol. The molecule has 3 heterocycles. The normalized spacial score (nSPS) is 30.5. The van der Waals surface area contributed by atoms with Crippen molar-refractivity contribution in [3.05, 3.63) is 40.3 Å². The van der Waals surface area contributed by atoms with Crippen LogP contribution in [0, 0.1) is 11.7 Å². The highest BCUT2D eigenvalue weighted by atomic mass is 35.5. The van der Waals surface area contributed by atoms with E-state index in [4.69, 9.17) is 22.1 Å². The summed E-state index contributed by atoms with van der Waals surface area (Å²) in [6.07, 6.45) is 6.07. The minimum Gasteiger partial charge on any atom is -0.436 e.